The van der Waals surface area contributed by atoms with Crippen LogP contribution in [0.4, 0.5) is 8.78 Å². The Labute approximate surface area is 125 Å². The van der Waals surface area contributed by atoms with E-state index >= 15 is 0 Å². The fraction of sp³-hybridized carbons (Fsp3) is 0.143. The van der Waals surface area contributed by atoms with Crippen LogP contribution in [0.1, 0.15) is 11.1 Å². The van der Waals surface area contributed by atoms with E-state index in [4.69, 9.17) is 10.0 Å². The second-order valence-corrected chi connectivity index (χ2v) is 5.12. The summed E-state index contributed by atoms with van der Waals surface area (Å²) in [5.74, 6) is -0.553. The predicted octanol–water partition coefficient (Wildman–Crippen LogP) is 2.71. The van der Waals surface area contributed by atoms with Crippen LogP contribution in [0.3, 0.4) is 0 Å². The van der Waals surface area contributed by atoms with E-state index in [1.165, 1.54) is 30.3 Å². The predicted molar refractivity (Wildman–Crippen MR) is 79.8 cm³/mol. The van der Waals surface area contributed by atoms with Crippen LogP contribution in [0.5, 0.6) is 0 Å². The van der Waals surface area contributed by atoms with Crippen LogP contribution >= 0.6 is 15.9 Å². The first kappa shape index (κ1) is 16.8. The summed E-state index contributed by atoms with van der Waals surface area (Å²) in [7, 11) is -1.52. The van der Waals surface area contributed by atoms with Gasteiger partial charge in [0.15, 0.2) is 0 Å². The van der Waals surface area contributed by atoms with Crippen molar-refractivity contribution in [1.82, 2.24) is 0 Å². The summed E-state index contributed by atoms with van der Waals surface area (Å²) < 4.78 is 25.7. The minimum Gasteiger partial charge on any atom is -0.423 e. The van der Waals surface area contributed by atoms with Crippen molar-refractivity contribution in [1.29, 1.82) is 0 Å². The molecule has 2 N–H and O–H groups in total. The second-order valence-electron chi connectivity index (χ2n) is 4.27. The lowest BCUT2D eigenvalue weighted by Gasteiger charge is -2.02. The molecule has 20 heavy (non-hydrogen) atoms. The first-order valence-corrected chi connectivity index (χ1v) is 6.64. The van der Waals surface area contributed by atoms with Crippen molar-refractivity contribution in [2.24, 2.45) is 0 Å². The van der Waals surface area contributed by atoms with Crippen molar-refractivity contribution in [2.45, 2.75) is 13.8 Å². The first-order chi connectivity index (χ1) is 9.31. The largest absolute Gasteiger partial charge is 0.488 e. The van der Waals surface area contributed by atoms with Crippen LogP contribution in [-0.2, 0) is 0 Å². The molecule has 106 valence electrons. The van der Waals surface area contributed by atoms with Gasteiger partial charge in [0.25, 0.3) is 0 Å². The lowest BCUT2D eigenvalue weighted by molar-refractivity contribution is 0.425. The lowest BCUT2D eigenvalue weighted by Crippen LogP contribution is -2.31. The van der Waals surface area contributed by atoms with Gasteiger partial charge in [-0.25, -0.2) is 8.78 Å². The van der Waals surface area contributed by atoms with Gasteiger partial charge in [-0.1, -0.05) is 22.0 Å². The van der Waals surface area contributed by atoms with E-state index in [2.05, 4.69) is 15.9 Å². The van der Waals surface area contributed by atoms with Crippen LogP contribution in [-0.4, -0.2) is 17.2 Å². The summed E-state index contributed by atoms with van der Waals surface area (Å²) in [6.45, 7) is 3.48. The minimum atomic E-state index is -1.52. The van der Waals surface area contributed by atoms with E-state index in [1.54, 1.807) is 13.0 Å². The van der Waals surface area contributed by atoms with Crippen molar-refractivity contribution >= 4 is 28.5 Å². The van der Waals surface area contributed by atoms with Crippen molar-refractivity contribution in [2.75, 3.05) is 0 Å². The smallest absolute Gasteiger partial charge is 0.423 e. The second kappa shape index (κ2) is 7.52. The summed E-state index contributed by atoms with van der Waals surface area (Å²) in [5, 5.41) is 17.5. The molecule has 0 aromatic heterocycles. The van der Waals surface area contributed by atoms with Crippen molar-refractivity contribution < 1.29 is 18.8 Å². The van der Waals surface area contributed by atoms with Gasteiger partial charge in [0, 0.05) is 4.47 Å². The Morgan fingerprint density at radius 1 is 0.900 bits per heavy atom. The molecule has 0 spiro atoms. The van der Waals surface area contributed by atoms with Gasteiger partial charge in [0.2, 0.25) is 0 Å². The van der Waals surface area contributed by atoms with Crippen LogP contribution in [0.25, 0.3) is 0 Å². The molecule has 2 rings (SSSR count). The fourth-order valence-electron chi connectivity index (χ4n) is 1.54. The van der Waals surface area contributed by atoms with E-state index in [-0.39, 0.29) is 11.6 Å². The Morgan fingerprint density at radius 2 is 1.40 bits per heavy atom. The number of rotatable bonds is 1. The molecule has 0 aliphatic carbocycles. The highest BCUT2D eigenvalue weighted by Crippen LogP contribution is 2.15. The molecule has 0 aliphatic heterocycles. The molecule has 0 saturated heterocycles. The van der Waals surface area contributed by atoms with E-state index in [1.807, 2.05) is 6.92 Å². The number of aryl methyl sites for hydroxylation is 2. The average molecular weight is 343 g/mol. The van der Waals surface area contributed by atoms with Gasteiger partial charge in [0.1, 0.15) is 11.6 Å². The maximum absolute atomic E-state index is 12.4. The zero-order valence-corrected chi connectivity index (χ0v) is 12.7. The number of hydrogen-bond acceptors (Lipinski definition) is 2. The standard InChI is InChI=1S/C7H8BFO2.C7H6BrF/c1-5-4-6(9)2-3-7(5)8(10)11;1-5-4-6(9)2-3-7(5)8/h2-4,10-11H,1H3;2-4H,1H3. The Kier molecular flexibility index (Phi) is 6.32. The Hall–Kier alpha value is -1.24. The van der Waals surface area contributed by atoms with Gasteiger partial charge < -0.3 is 10.0 Å². The molecule has 0 saturated carbocycles. The summed E-state index contributed by atoms with van der Waals surface area (Å²) in [5.41, 5.74) is 1.81. The lowest BCUT2D eigenvalue weighted by atomic mass is 9.77. The monoisotopic (exact) mass is 342 g/mol. The van der Waals surface area contributed by atoms with Crippen molar-refractivity contribution in [3.8, 4) is 0 Å². The number of hydrogen-bond donors (Lipinski definition) is 2. The molecule has 0 atom stereocenters. The van der Waals surface area contributed by atoms with Gasteiger partial charge in [-0.3, -0.25) is 0 Å². The zero-order chi connectivity index (χ0) is 15.3. The third-order valence-corrected chi connectivity index (χ3v) is 3.52. The molecular formula is C14H14BBrF2O2. The molecule has 2 nitrogen and oxygen atoms in total. The summed E-state index contributed by atoms with van der Waals surface area (Å²) in [6, 6.07) is 8.43. The van der Waals surface area contributed by atoms with Crippen LogP contribution in [0.2, 0.25) is 0 Å². The van der Waals surface area contributed by atoms with E-state index < -0.39 is 7.12 Å². The molecule has 2 aromatic rings. The van der Waals surface area contributed by atoms with Crippen LogP contribution in [0.15, 0.2) is 40.9 Å². The van der Waals surface area contributed by atoms with E-state index in [0.717, 1.165) is 10.0 Å². The fourth-order valence-corrected chi connectivity index (χ4v) is 1.78. The van der Waals surface area contributed by atoms with Crippen molar-refractivity contribution in [3.05, 3.63) is 63.6 Å². The van der Waals surface area contributed by atoms with Gasteiger partial charge in [-0.2, -0.15) is 0 Å². The van der Waals surface area contributed by atoms with Crippen LogP contribution in [0, 0.1) is 25.5 Å². The minimum absolute atomic E-state index is 0.185. The molecule has 0 unspecified atom stereocenters. The molecule has 0 bridgehead atoms. The van der Waals surface area contributed by atoms with Gasteiger partial charge in [-0.15, -0.1) is 0 Å². The number of benzene rings is 2. The normalized spacial score (nSPS) is 9.75. The third kappa shape index (κ3) is 5.04. The first-order valence-electron chi connectivity index (χ1n) is 5.85. The SMILES string of the molecule is Cc1cc(F)ccc1B(O)O.Cc1cc(F)ccc1Br. The summed E-state index contributed by atoms with van der Waals surface area (Å²) in [6.07, 6.45) is 0. The molecule has 6 heteroatoms. The van der Waals surface area contributed by atoms with Gasteiger partial charge in [0.05, 0.1) is 0 Å². The molecule has 0 radical (unpaired) electrons. The third-order valence-electron chi connectivity index (χ3n) is 2.63. The highest BCUT2D eigenvalue weighted by atomic mass is 79.9. The summed E-state index contributed by atoms with van der Waals surface area (Å²) in [4.78, 5) is 0. The average Bonchev–Trinajstić information content (AvgIpc) is 2.34. The highest BCUT2D eigenvalue weighted by molar-refractivity contribution is 9.10. The van der Waals surface area contributed by atoms with Gasteiger partial charge >= 0.3 is 7.12 Å². The zero-order valence-electron chi connectivity index (χ0n) is 11.1. The Morgan fingerprint density at radius 3 is 1.80 bits per heavy atom. The van der Waals surface area contributed by atoms with Crippen molar-refractivity contribution in [3.63, 3.8) is 0 Å². The highest BCUT2D eigenvalue weighted by Gasteiger charge is 2.13. The Balaban J connectivity index is 0.000000204. The van der Waals surface area contributed by atoms with Gasteiger partial charge in [-0.05, 0) is 60.8 Å². The maximum Gasteiger partial charge on any atom is 0.488 e. The molecule has 0 amide bonds. The number of halogens is 3. The Bertz CT molecular complexity index is 591. The maximum atomic E-state index is 12.4. The summed E-state index contributed by atoms with van der Waals surface area (Å²) >= 11 is 3.26. The quantitative estimate of drug-likeness (QED) is 0.782. The molecule has 0 fully saturated rings. The molecular weight excluding hydrogens is 329 g/mol. The van der Waals surface area contributed by atoms with E-state index in [9.17, 15) is 8.78 Å². The van der Waals surface area contributed by atoms with Crippen LogP contribution < -0.4 is 5.46 Å². The topological polar surface area (TPSA) is 40.5 Å². The molecule has 0 aliphatic rings. The molecule has 0 heterocycles. The van der Waals surface area contributed by atoms with E-state index in [0.29, 0.717) is 11.0 Å². The molecule has 2 aromatic carbocycles.